The first-order chi connectivity index (χ1) is 11.3. The van der Waals surface area contributed by atoms with Crippen LogP contribution in [0.5, 0.6) is 17.2 Å². The predicted molar refractivity (Wildman–Crippen MR) is 97.4 cm³/mol. The quantitative estimate of drug-likeness (QED) is 0.822. The Balaban J connectivity index is 2.47. The van der Waals surface area contributed by atoms with Crippen molar-refractivity contribution < 1.29 is 9.47 Å². The smallest absolute Gasteiger partial charge is 0.187 e. The molecule has 5 heteroatoms. The zero-order valence-electron chi connectivity index (χ0n) is 15.6. The SMILES string of the molecule is COc1cc(Oc2cnc(C)nc2NC(C)C)c(C(C)C)cc1C. The molecule has 2 rings (SSSR count). The van der Waals surface area contributed by atoms with Crippen LogP contribution < -0.4 is 14.8 Å². The molecule has 0 saturated heterocycles. The highest BCUT2D eigenvalue weighted by atomic mass is 16.5. The normalized spacial score (nSPS) is 11.0. The fourth-order valence-electron chi connectivity index (χ4n) is 2.48. The molecule has 1 aromatic heterocycles. The Bertz CT molecular complexity index is 712. The van der Waals surface area contributed by atoms with Gasteiger partial charge in [-0.1, -0.05) is 13.8 Å². The highest BCUT2D eigenvalue weighted by Gasteiger charge is 2.16. The molecule has 1 aromatic carbocycles. The molecule has 0 spiro atoms. The van der Waals surface area contributed by atoms with Gasteiger partial charge < -0.3 is 14.8 Å². The van der Waals surface area contributed by atoms with E-state index in [4.69, 9.17) is 9.47 Å². The second-order valence-corrected chi connectivity index (χ2v) is 6.55. The molecule has 0 saturated carbocycles. The van der Waals surface area contributed by atoms with Crippen molar-refractivity contribution in [2.45, 2.75) is 53.5 Å². The third-order valence-electron chi connectivity index (χ3n) is 3.67. The van der Waals surface area contributed by atoms with Gasteiger partial charge in [0, 0.05) is 12.1 Å². The van der Waals surface area contributed by atoms with Gasteiger partial charge in [-0.25, -0.2) is 9.97 Å². The van der Waals surface area contributed by atoms with E-state index in [1.54, 1.807) is 13.3 Å². The molecule has 0 bridgehead atoms. The maximum absolute atomic E-state index is 6.19. The maximum Gasteiger partial charge on any atom is 0.187 e. The monoisotopic (exact) mass is 329 g/mol. The Morgan fingerprint density at radius 3 is 2.29 bits per heavy atom. The van der Waals surface area contributed by atoms with Crippen LogP contribution in [-0.4, -0.2) is 23.1 Å². The standard InChI is InChI=1S/C19H27N3O2/c1-11(2)15-8-13(5)16(23-7)9-17(15)24-18-10-20-14(6)22-19(18)21-12(3)4/h8-12H,1-7H3,(H,20,21,22). The summed E-state index contributed by atoms with van der Waals surface area (Å²) in [5, 5.41) is 3.32. The lowest BCUT2D eigenvalue weighted by molar-refractivity contribution is 0.404. The number of anilines is 1. The number of ether oxygens (including phenoxy) is 2. The van der Waals surface area contributed by atoms with Gasteiger partial charge in [0.05, 0.1) is 13.3 Å². The van der Waals surface area contributed by atoms with E-state index in [0.29, 0.717) is 23.3 Å². The van der Waals surface area contributed by atoms with Crippen LogP contribution in [0.2, 0.25) is 0 Å². The molecular formula is C19H27N3O2. The van der Waals surface area contributed by atoms with Gasteiger partial charge in [-0.05, 0) is 50.8 Å². The second-order valence-electron chi connectivity index (χ2n) is 6.55. The van der Waals surface area contributed by atoms with E-state index >= 15 is 0 Å². The summed E-state index contributed by atoms with van der Waals surface area (Å²) >= 11 is 0. The van der Waals surface area contributed by atoms with Gasteiger partial charge in [-0.3, -0.25) is 0 Å². The van der Waals surface area contributed by atoms with Gasteiger partial charge in [0.1, 0.15) is 17.3 Å². The number of hydrogen-bond acceptors (Lipinski definition) is 5. The van der Waals surface area contributed by atoms with Crippen molar-refractivity contribution in [3.8, 4) is 17.2 Å². The van der Waals surface area contributed by atoms with Crippen LogP contribution in [0.15, 0.2) is 18.3 Å². The molecule has 0 radical (unpaired) electrons. The summed E-state index contributed by atoms with van der Waals surface area (Å²) in [4.78, 5) is 8.74. The first-order valence-corrected chi connectivity index (χ1v) is 8.28. The van der Waals surface area contributed by atoms with Gasteiger partial charge in [0.2, 0.25) is 0 Å². The molecule has 0 aliphatic heterocycles. The first kappa shape index (κ1) is 18.0. The Kier molecular flexibility index (Phi) is 5.65. The van der Waals surface area contributed by atoms with Crippen molar-refractivity contribution in [2.75, 3.05) is 12.4 Å². The number of benzene rings is 1. The summed E-state index contributed by atoms with van der Waals surface area (Å²) < 4.78 is 11.6. The van der Waals surface area contributed by atoms with Crippen LogP contribution >= 0.6 is 0 Å². The summed E-state index contributed by atoms with van der Waals surface area (Å²) in [6, 6.07) is 4.30. The van der Waals surface area contributed by atoms with Gasteiger partial charge >= 0.3 is 0 Å². The fraction of sp³-hybridized carbons (Fsp3) is 0.474. The summed E-state index contributed by atoms with van der Waals surface area (Å²) in [6.45, 7) is 12.3. The zero-order valence-corrected chi connectivity index (χ0v) is 15.6. The van der Waals surface area contributed by atoms with Gasteiger partial charge in [-0.2, -0.15) is 0 Å². The molecule has 0 aliphatic carbocycles. The number of nitrogens with zero attached hydrogens (tertiary/aromatic N) is 2. The summed E-state index contributed by atoms with van der Waals surface area (Å²) in [5.41, 5.74) is 2.22. The highest BCUT2D eigenvalue weighted by molar-refractivity contribution is 5.54. The van der Waals surface area contributed by atoms with E-state index < -0.39 is 0 Å². The molecule has 0 atom stereocenters. The first-order valence-electron chi connectivity index (χ1n) is 8.28. The van der Waals surface area contributed by atoms with Gasteiger partial charge in [0.15, 0.2) is 11.6 Å². The Labute approximate surface area is 144 Å². The number of aromatic nitrogens is 2. The van der Waals surface area contributed by atoms with Crippen LogP contribution in [0.1, 0.15) is 50.6 Å². The van der Waals surface area contributed by atoms with Crippen LogP contribution in [-0.2, 0) is 0 Å². The van der Waals surface area contributed by atoms with Crippen molar-refractivity contribution in [3.05, 3.63) is 35.3 Å². The van der Waals surface area contributed by atoms with Crippen molar-refractivity contribution in [2.24, 2.45) is 0 Å². The maximum atomic E-state index is 6.19. The van der Waals surface area contributed by atoms with Crippen molar-refractivity contribution in [3.63, 3.8) is 0 Å². The van der Waals surface area contributed by atoms with E-state index in [1.165, 1.54) is 0 Å². The fourth-order valence-corrected chi connectivity index (χ4v) is 2.48. The van der Waals surface area contributed by atoms with E-state index in [-0.39, 0.29) is 6.04 Å². The lowest BCUT2D eigenvalue weighted by Crippen LogP contribution is -2.13. The number of methoxy groups -OCH3 is 1. The highest BCUT2D eigenvalue weighted by Crippen LogP contribution is 2.37. The largest absolute Gasteiger partial charge is 0.496 e. The molecule has 1 heterocycles. The Morgan fingerprint density at radius 1 is 1.00 bits per heavy atom. The minimum atomic E-state index is 0.249. The summed E-state index contributed by atoms with van der Waals surface area (Å²) in [5.74, 6) is 3.93. The molecule has 0 unspecified atom stereocenters. The third kappa shape index (κ3) is 4.16. The van der Waals surface area contributed by atoms with Crippen LogP contribution in [0.25, 0.3) is 0 Å². The zero-order chi connectivity index (χ0) is 17.9. The lowest BCUT2D eigenvalue weighted by Gasteiger charge is -2.19. The predicted octanol–water partition coefficient (Wildman–Crippen LogP) is 4.84. The topological polar surface area (TPSA) is 56.3 Å². The molecular weight excluding hydrogens is 302 g/mol. The van der Waals surface area contributed by atoms with E-state index in [0.717, 1.165) is 22.6 Å². The van der Waals surface area contributed by atoms with Crippen LogP contribution in [0.3, 0.4) is 0 Å². The van der Waals surface area contributed by atoms with Gasteiger partial charge in [-0.15, -0.1) is 0 Å². The number of rotatable bonds is 6. The number of aryl methyl sites for hydroxylation is 2. The minimum Gasteiger partial charge on any atom is -0.496 e. The van der Waals surface area contributed by atoms with Crippen LogP contribution in [0.4, 0.5) is 5.82 Å². The summed E-state index contributed by atoms with van der Waals surface area (Å²) in [6.07, 6.45) is 1.71. The molecule has 24 heavy (non-hydrogen) atoms. The van der Waals surface area contributed by atoms with Crippen molar-refractivity contribution >= 4 is 5.82 Å². The Hall–Kier alpha value is -2.30. The Morgan fingerprint density at radius 2 is 1.71 bits per heavy atom. The minimum absolute atomic E-state index is 0.249. The second kappa shape index (κ2) is 7.51. The lowest BCUT2D eigenvalue weighted by atomic mass is 9.99. The molecule has 0 aliphatic rings. The number of hydrogen-bond donors (Lipinski definition) is 1. The molecule has 2 aromatic rings. The van der Waals surface area contributed by atoms with Gasteiger partial charge in [0.25, 0.3) is 0 Å². The van der Waals surface area contributed by atoms with E-state index in [9.17, 15) is 0 Å². The van der Waals surface area contributed by atoms with Crippen molar-refractivity contribution in [1.82, 2.24) is 9.97 Å². The van der Waals surface area contributed by atoms with Crippen molar-refractivity contribution in [1.29, 1.82) is 0 Å². The average Bonchev–Trinajstić information content (AvgIpc) is 2.50. The molecule has 1 N–H and O–H groups in total. The molecule has 0 fully saturated rings. The third-order valence-corrected chi connectivity index (χ3v) is 3.67. The average molecular weight is 329 g/mol. The van der Waals surface area contributed by atoms with Crippen LogP contribution in [0, 0.1) is 13.8 Å². The molecule has 5 nitrogen and oxygen atoms in total. The molecule has 0 amide bonds. The van der Waals surface area contributed by atoms with E-state index in [1.807, 2.05) is 19.9 Å². The molecule has 130 valence electrons. The van der Waals surface area contributed by atoms with E-state index in [2.05, 4.69) is 49.0 Å². The number of nitrogens with one attached hydrogen (secondary N) is 1. The summed E-state index contributed by atoms with van der Waals surface area (Å²) in [7, 11) is 1.67.